The molecule has 0 N–H and O–H groups in total. The second-order valence-corrected chi connectivity index (χ2v) is 4.18. The first-order chi connectivity index (χ1) is 3.43. The van der Waals surface area contributed by atoms with Crippen molar-refractivity contribution in [3.8, 4) is 0 Å². The Kier molecular flexibility index (Phi) is 1.77. The first kappa shape index (κ1) is 5.20. The molecular weight excluding hydrogens is 127 g/mol. The molecule has 0 bridgehead atoms. The van der Waals surface area contributed by atoms with Gasteiger partial charge in [0.25, 0.3) is 0 Å². The fourth-order valence-electron chi connectivity index (χ4n) is 0.347. The third kappa shape index (κ3) is 1.22. The van der Waals surface area contributed by atoms with Gasteiger partial charge < -0.3 is 0 Å². The Balaban J connectivity index is 3.17. The molecule has 0 amide bonds. The maximum absolute atomic E-state index is 10.0. The van der Waals surface area contributed by atoms with Crippen molar-refractivity contribution < 1.29 is 4.57 Å². The second kappa shape index (κ2) is 2.39. The quantitative estimate of drug-likeness (QED) is 0.362. The summed E-state index contributed by atoms with van der Waals surface area (Å²) in [5, 5.41) is 3.85. The van der Waals surface area contributed by atoms with E-state index in [1.807, 2.05) is 23.0 Å². The zero-order valence-electron chi connectivity index (χ0n) is 3.57. The van der Waals surface area contributed by atoms with Crippen molar-refractivity contribution in [1.29, 1.82) is 0 Å². The predicted octanol–water partition coefficient (Wildman–Crippen LogP) is 1.85. The molecule has 0 aromatic heterocycles. The van der Waals surface area contributed by atoms with Gasteiger partial charge in [0, 0.05) is 0 Å². The molecule has 1 rings (SSSR count). The average molecular weight is 131 g/mol. The summed E-state index contributed by atoms with van der Waals surface area (Å²) < 4.78 is 10.0. The van der Waals surface area contributed by atoms with Crippen molar-refractivity contribution in [2.24, 2.45) is 0 Å². The zero-order valence-corrected chi connectivity index (χ0v) is 5.28. The molecule has 1 nitrogen and oxygen atoms in total. The van der Waals surface area contributed by atoms with Crippen LogP contribution in [-0.2, 0) is 14.4 Å². The van der Waals surface area contributed by atoms with E-state index in [0.29, 0.717) is 0 Å². The van der Waals surface area contributed by atoms with E-state index in [2.05, 4.69) is 0 Å². The van der Waals surface area contributed by atoms with Gasteiger partial charge in [-0.3, -0.25) is 0 Å². The molecule has 0 saturated carbocycles. The first-order valence-electron chi connectivity index (χ1n) is 1.84. The fourth-order valence-corrected chi connectivity index (χ4v) is 1.76. The molecule has 0 unspecified atom stereocenters. The molecule has 1 heterocycles. The molecule has 0 radical (unpaired) electrons. The van der Waals surface area contributed by atoms with E-state index in [9.17, 15) is 4.57 Å². The molecular formula is C4H4OPS-. The second-order valence-electron chi connectivity index (χ2n) is 1.08. The summed E-state index contributed by atoms with van der Waals surface area (Å²) in [6.45, 7) is 0. The minimum absolute atomic E-state index is 0.0787. The molecule has 0 aromatic rings. The number of rotatable bonds is 0. The normalized spacial score (nSPS) is 18.3. The summed E-state index contributed by atoms with van der Waals surface area (Å²) >= 11 is 0. The van der Waals surface area contributed by atoms with Gasteiger partial charge in [0.15, 0.2) is 0 Å². The van der Waals surface area contributed by atoms with E-state index in [-0.39, 0.29) is 16.9 Å². The van der Waals surface area contributed by atoms with Gasteiger partial charge in [0.2, 0.25) is 0 Å². The van der Waals surface area contributed by atoms with Crippen LogP contribution in [0.15, 0.2) is 23.0 Å². The van der Waals surface area contributed by atoms with Gasteiger partial charge in [-0.1, -0.05) is 0 Å². The van der Waals surface area contributed by atoms with E-state index in [4.69, 9.17) is 0 Å². The molecule has 38 valence electrons. The van der Waals surface area contributed by atoms with Crippen LogP contribution in [0.1, 0.15) is 0 Å². The van der Waals surface area contributed by atoms with Crippen LogP contribution in [0.5, 0.6) is 0 Å². The number of hydrogen-bond donors (Lipinski definition) is 0. The summed E-state index contributed by atoms with van der Waals surface area (Å²) in [5.41, 5.74) is 0. The maximum atomic E-state index is 10.0. The molecule has 1 aliphatic rings. The topological polar surface area (TPSA) is 17.1 Å². The van der Waals surface area contributed by atoms with Crippen LogP contribution in [0.25, 0.3) is 0 Å². The molecule has 0 spiro atoms. The summed E-state index contributed by atoms with van der Waals surface area (Å²) in [6.07, 6.45) is 3.82. The Bertz CT molecular complexity index is 215. The molecule has 0 aromatic carbocycles. The molecule has 0 fully saturated rings. The molecule has 0 saturated heterocycles. The van der Waals surface area contributed by atoms with Crippen LogP contribution in [0.2, 0.25) is 0 Å². The van der Waals surface area contributed by atoms with Gasteiger partial charge in [-0.2, -0.15) is 0 Å². The van der Waals surface area contributed by atoms with Crippen LogP contribution in [0.3, 0.4) is 0 Å². The standard InChI is InChI=1S/C4H4OPS/c5-6-7-3-1-2-4-7/h1-4H/q-1. The van der Waals surface area contributed by atoms with Crippen molar-refractivity contribution in [3.63, 3.8) is 0 Å². The van der Waals surface area contributed by atoms with Crippen molar-refractivity contribution in [3.05, 3.63) is 23.0 Å². The predicted molar refractivity (Wildman–Crippen MR) is 33.3 cm³/mol. The molecule has 7 heavy (non-hydrogen) atoms. The molecule has 0 aliphatic carbocycles. The molecule has 1 aliphatic heterocycles. The van der Waals surface area contributed by atoms with Gasteiger partial charge in [-0.05, 0) is 0 Å². The Labute approximate surface area is 45.1 Å². The number of allylic oxidation sites excluding steroid dienone is 2. The SMILES string of the molecule is O=P#[S-]1C=CC=C1. The van der Waals surface area contributed by atoms with Gasteiger partial charge in [-0.15, -0.1) is 0 Å². The Morgan fingerprint density at radius 1 is 1.29 bits per heavy atom. The van der Waals surface area contributed by atoms with E-state index < -0.39 is 0 Å². The Morgan fingerprint density at radius 3 is 2.14 bits per heavy atom. The van der Waals surface area contributed by atoms with Crippen LogP contribution in [0.4, 0.5) is 0 Å². The summed E-state index contributed by atoms with van der Waals surface area (Å²) in [7, 11) is 0.147. The van der Waals surface area contributed by atoms with Crippen molar-refractivity contribution in [2.75, 3.05) is 0 Å². The zero-order chi connectivity index (χ0) is 5.11. The van der Waals surface area contributed by atoms with Crippen LogP contribution in [-0.4, -0.2) is 0 Å². The van der Waals surface area contributed by atoms with Gasteiger partial charge in [0.05, 0.1) is 0 Å². The Hall–Kier alpha value is 0.0600. The van der Waals surface area contributed by atoms with Crippen molar-refractivity contribution in [1.82, 2.24) is 0 Å². The first-order valence-corrected chi connectivity index (χ1v) is 4.61. The van der Waals surface area contributed by atoms with E-state index >= 15 is 0 Å². The van der Waals surface area contributed by atoms with Crippen LogP contribution >= 0.6 is 7.03 Å². The molecule has 0 atom stereocenters. The third-order valence-corrected chi connectivity index (χ3v) is 2.92. The van der Waals surface area contributed by atoms with Gasteiger partial charge in [0.1, 0.15) is 0 Å². The van der Waals surface area contributed by atoms with E-state index in [1.165, 1.54) is 0 Å². The Morgan fingerprint density at radius 2 is 1.86 bits per heavy atom. The monoisotopic (exact) mass is 131 g/mol. The third-order valence-electron chi connectivity index (χ3n) is 0.633. The van der Waals surface area contributed by atoms with Crippen LogP contribution < -0.4 is 0 Å². The van der Waals surface area contributed by atoms with Gasteiger partial charge in [-0.25, -0.2) is 0 Å². The summed E-state index contributed by atoms with van der Waals surface area (Å²) in [6, 6.07) is 0. The van der Waals surface area contributed by atoms with Crippen molar-refractivity contribution in [2.45, 2.75) is 0 Å². The molecule has 3 heteroatoms. The average Bonchev–Trinajstić information content (AvgIpc) is 2.14. The van der Waals surface area contributed by atoms with E-state index in [0.717, 1.165) is 0 Å². The summed E-state index contributed by atoms with van der Waals surface area (Å²) in [4.78, 5) is 0. The van der Waals surface area contributed by atoms with Crippen molar-refractivity contribution >= 4 is 16.9 Å². The summed E-state index contributed by atoms with van der Waals surface area (Å²) in [5.74, 6) is 0. The van der Waals surface area contributed by atoms with Gasteiger partial charge >= 0.3 is 44.4 Å². The fraction of sp³-hybridized carbons (Fsp3) is 0. The van der Waals surface area contributed by atoms with E-state index in [1.54, 1.807) is 0 Å². The number of hydrogen-bond acceptors (Lipinski definition) is 2. The van der Waals surface area contributed by atoms with Crippen LogP contribution in [0, 0.1) is 0 Å². The minimum atomic E-state index is -0.0787.